The predicted molar refractivity (Wildman–Crippen MR) is 143 cm³/mol. The summed E-state index contributed by atoms with van der Waals surface area (Å²) in [4.78, 5) is 26.6. The van der Waals surface area contributed by atoms with Crippen molar-refractivity contribution >= 4 is 78.3 Å². The summed E-state index contributed by atoms with van der Waals surface area (Å²) in [7, 11) is 0. The van der Waals surface area contributed by atoms with E-state index in [1.165, 1.54) is 0 Å². The van der Waals surface area contributed by atoms with E-state index in [2.05, 4.69) is 10.6 Å². The Bertz CT molecular complexity index is 1810. The van der Waals surface area contributed by atoms with E-state index in [-0.39, 0.29) is 5.69 Å². The van der Waals surface area contributed by atoms with Gasteiger partial charge in [0.1, 0.15) is 5.69 Å². The van der Waals surface area contributed by atoms with Crippen LogP contribution in [0.25, 0.3) is 32.3 Å². The second-order valence-corrected chi connectivity index (χ2v) is 8.87. The maximum atomic E-state index is 13.4. The lowest BCUT2D eigenvalue weighted by molar-refractivity contribution is 1.49. The van der Waals surface area contributed by atoms with Crippen molar-refractivity contribution in [1.82, 2.24) is 0 Å². The summed E-state index contributed by atoms with van der Waals surface area (Å²) >= 11 is 13.6. The summed E-state index contributed by atoms with van der Waals surface area (Å²) in [6.07, 6.45) is 0. The lowest BCUT2D eigenvalue weighted by Crippen LogP contribution is -2.27. The van der Waals surface area contributed by atoms with E-state index in [0.29, 0.717) is 43.0 Å². The molecule has 0 amide bonds. The van der Waals surface area contributed by atoms with Crippen LogP contribution >= 0.6 is 23.2 Å². The Morgan fingerprint density at radius 2 is 1.12 bits per heavy atom. The van der Waals surface area contributed by atoms with Crippen molar-refractivity contribution < 1.29 is 0 Å². The van der Waals surface area contributed by atoms with Crippen LogP contribution in [-0.2, 0) is 0 Å². The van der Waals surface area contributed by atoms with Crippen LogP contribution in [0, 0.1) is 0 Å². The molecule has 0 aliphatic carbocycles. The number of hydrogen-bond acceptors (Lipinski definition) is 4. The molecule has 0 bridgehead atoms. The second-order valence-electron chi connectivity index (χ2n) is 8.09. The zero-order chi connectivity index (χ0) is 23.4. The predicted octanol–water partition coefficient (Wildman–Crippen LogP) is 7.54. The average molecular weight is 483 g/mol. The molecule has 0 aromatic heterocycles. The molecule has 4 nitrogen and oxygen atoms in total. The smallest absolute Gasteiger partial charge is 0.250 e. The zero-order valence-corrected chi connectivity index (χ0v) is 19.2. The minimum Gasteiger partial charge on any atom is -0.354 e. The lowest BCUT2D eigenvalue weighted by atomic mass is 9.91. The van der Waals surface area contributed by atoms with Crippen LogP contribution in [-0.4, -0.2) is 0 Å². The number of rotatable bonds is 4. The number of hydrogen-bond donors (Lipinski definition) is 2. The molecule has 6 aromatic rings. The molecular formula is C28H16Cl2N2O2. The Labute approximate surface area is 204 Å². The third kappa shape index (κ3) is 3.07. The van der Waals surface area contributed by atoms with Gasteiger partial charge in [0.15, 0.2) is 0 Å². The summed E-state index contributed by atoms with van der Waals surface area (Å²) in [6, 6.07) is 26.0. The maximum Gasteiger partial charge on any atom is 0.250 e. The van der Waals surface area contributed by atoms with Gasteiger partial charge < -0.3 is 10.6 Å². The van der Waals surface area contributed by atoms with E-state index in [9.17, 15) is 9.59 Å². The van der Waals surface area contributed by atoms with Crippen LogP contribution in [0.5, 0.6) is 0 Å². The molecule has 164 valence electrons. The molecular weight excluding hydrogens is 467 g/mol. The van der Waals surface area contributed by atoms with Gasteiger partial charge in [0.05, 0.1) is 15.7 Å². The molecule has 0 aliphatic heterocycles. The summed E-state index contributed by atoms with van der Waals surface area (Å²) < 4.78 is 0. The van der Waals surface area contributed by atoms with Gasteiger partial charge in [-0.05, 0) is 41.8 Å². The first-order chi connectivity index (χ1) is 16.5. The third-order valence-corrected chi connectivity index (χ3v) is 6.78. The first-order valence-electron chi connectivity index (χ1n) is 10.7. The Balaban J connectivity index is 1.83. The van der Waals surface area contributed by atoms with Crippen LogP contribution in [0.1, 0.15) is 0 Å². The molecule has 34 heavy (non-hydrogen) atoms. The Hall–Kier alpha value is -3.86. The Morgan fingerprint density at radius 1 is 0.529 bits per heavy atom. The second kappa shape index (κ2) is 7.87. The van der Waals surface area contributed by atoms with Gasteiger partial charge in [-0.1, -0.05) is 71.7 Å². The van der Waals surface area contributed by atoms with Gasteiger partial charge in [0.25, 0.3) is 0 Å². The quantitative estimate of drug-likeness (QED) is 0.201. The van der Waals surface area contributed by atoms with E-state index in [1.54, 1.807) is 12.1 Å². The van der Waals surface area contributed by atoms with Gasteiger partial charge in [-0.3, -0.25) is 9.59 Å². The van der Waals surface area contributed by atoms with Crippen molar-refractivity contribution in [2.75, 3.05) is 10.6 Å². The summed E-state index contributed by atoms with van der Waals surface area (Å²) in [5, 5.41) is 11.3. The third-order valence-electron chi connectivity index (χ3n) is 6.09. The first kappa shape index (κ1) is 20.7. The first-order valence-corrected chi connectivity index (χ1v) is 11.4. The Kier molecular flexibility index (Phi) is 4.80. The fourth-order valence-electron chi connectivity index (χ4n) is 4.58. The van der Waals surface area contributed by atoms with Crippen molar-refractivity contribution in [1.29, 1.82) is 0 Å². The Morgan fingerprint density at radius 3 is 1.76 bits per heavy atom. The van der Waals surface area contributed by atoms with E-state index >= 15 is 0 Å². The van der Waals surface area contributed by atoms with Gasteiger partial charge >= 0.3 is 0 Å². The highest BCUT2D eigenvalue weighted by molar-refractivity contribution is 6.49. The fourth-order valence-corrected chi connectivity index (χ4v) is 5.22. The molecule has 0 spiro atoms. The van der Waals surface area contributed by atoms with Gasteiger partial charge in [-0.2, -0.15) is 0 Å². The molecule has 6 aromatic carbocycles. The standard InChI is InChI=1S/C28H16Cl2N2O2/c29-19-14-12-15-11-13-18-21-20(15)22(19)24(30)25(31-16-7-3-1-4-8-16)23(21)26(28(34)27(18)33)32-17-9-5-2-6-10-17/h1-14,31-32H. The summed E-state index contributed by atoms with van der Waals surface area (Å²) in [5.74, 6) is 0. The van der Waals surface area contributed by atoms with Crippen molar-refractivity contribution in [3.8, 4) is 0 Å². The van der Waals surface area contributed by atoms with E-state index < -0.39 is 10.9 Å². The van der Waals surface area contributed by atoms with Crippen molar-refractivity contribution in [3.05, 3.63) is 115 Å². The van der Waals surface area contributed by atoms with Gasteiger partial charge in [0.2, 0.25) is 10.9 Å². The van der Waals surface area contributed by atoms with Crippen LogP contribution in [0.15, 0.2) is 94.5 Å². The van der Waals surface area contributed by atoms with Crippen LogP contribution in [0.3, 0.4) is 0 Å². The monoisotopic (exact) mass is 482 g/mol. The molecule has 0 saturated heterocycles. The highest BCUT2D eigenvalue weighted by Crippen LogP contribution is 2.48. The summed E-state index contributed by atoms with van der Waals surface area (Å²) in [5.41, 5.74) is 0.986. The molecule has 2 N–H and O–H groups in total. The minimum absolute atomic E-state index is 0.179. The van der Waals surface area contributed by atoms with Crippen LogP contribution < -0.4 is 21.5 Å². The maximum absolute atomic E-state index is 13.4. The van der Waals surface area contributed by atoms with Crippen molar-refractivity contribution in [2.45, 2.75) is 0 Å². The van der Waals surface area contributed by atoms with E-state index in [1.807, 2.05) is 72.8 Å². The SMILES string of the molecule is O=c1c(Nc2ccccc2)c2c(Nc3ccccc3)c(Cl)c3c(Cl)ccc4ccc(c1=O)c2c43. The molecule has 0 radical (unpaired) electrons. The molecule has 0 aliphatic rings. The largest absolute Gasteiger partial charge is 0.354 e. The number of nitrogens with one attached hydrogen (secondary N) is 2. The number of benzene rings is 6. The van der Waals surface area contributed by atoms with E-state index in [4.69, 9.17) is 23.2 Å². The van der Waals surface area contributed by atoms with Crippen molar-refractivity contribution in [2.24, 2.45) is 0 Å². The van der Waals surface area contributed by atoms with Crippen LogP contribution in [0.2, 0.25) is 10.0 Å². The molecule has 6 rings (SSSR count). The molecule has 0 fully saturated rings. The molecule has 0 atom stereocenters. The van der Waals surface area contributed by atoms with Gasteiger partial charge in [-0.25, -0.2) is 0 Å². The molecule has 6 heteroatoms. The lowest BCUT2D eigenvalue weighted by Gasteiger charge is -2.21. The number of anilines is 4. The highest BCUT2D eigenvalue weighted by Gasteiger charge is 2.25. The number of halogens is 2. The van der Waals surface area contributed by atoms with Crippen molar-refractivity contribution in [3.63, 3.8) is 0 Å². The minimum atomic E-state index is -0.618. The van der Waals surface area contributed by atoms with E-state index in [0.717, 1.165) is 16.5 Å². The number of para-hydroxylation sites is 2. The molecule has 0 heterocycles. The zero-order valence-electron chi connectivity index (χ0n) is 17.7. The average Bonchev–Trinajstić information content (AvgIpc) is 2.86. The van der Waals surface area contributed by atoms with Gasteiger partial charge in [-0.15, -0.1) is 0 Å². The molecule has 0 saturated carbocycles. The van der Waals surface area contributed by atoms with Gasteiger partial charge in [0, 0.05) is 38.3 Å². The molecule has 0 unspecified atom stereocenters. The topological polar surface area (TPSA) is 58.2 Å². The highest BCUT2D eigenvalue weighted by atomic mass is 35.5. The normalized spacial score (nSPS) is 11.5. The fraction of sp³-hybridized carbons (Fsp3) is 0. The van der Waals surface area contributed by atoms with Crippen LogP contribution in [0.4, 0.5) is 22.7 Å². The summed E-state index contributed by atoms with van der Waals surface area (Å²) in [6.45, 7) is 0.